The molecule has 8 nitrogen and oxygen atoms in total. The highest BCUT2D eigenvalue weighted by atomic mass is 31.2. The van der Waals surface area contributed by atoms with E-state index in [-0.39, 0.29) is 19.4 Å². The predicted octanol–water partition coefficient (Wildman–Crippen LogP) is 12.7. The third-order valence-electron chi connectivity index (χ3n) is 8.50. The fourth-order valence-corrected chi connectivity index (χ4v) is 5.82. The van der Waals surface area contributed by atoms with Crippen molar-refractivity contribution in [3.8, 4) is 0 Å². The maximum Gasteiger partial charge on any atom is 0.469 e. The predicted molar refractivity (Wildman–Crippen MR) is 220 cm³/mol. The minimum absolute atomic E-state index is 0.140. The maximum atomic E-state index is 12.4. The zero-order valence-corrected chi connectivity index (χ0v) is 34.3. The molecule has 0 amide bonds. The quantitative estimate of drug-likeness (QED) is 0.0278. The molecule has 0 unspecified atom stereocenters. The Morgan fingerprint density at radius 3 is 1.32 bits per heavy atom. The van der Waals surface area contributed by atoms with Gasteiger partial charge in [-0.3, -0.25) is 14.1 Å². The Kier molecular flexibility index (Phi) is 37.3. The molecule has 0 spiro atoms. The molecular formula is C44H75O8P. The van der Waals surface area contributed by atoms with Gasteiger partial charge in [-0.15, -0.1) is 0 Å². The average molecular weight is 763 g/mol. The van der Waals surface area contributed by atoms with Crippen LogP contribution in [0, 0.1) is 0 Å². The van der Waals surface area contributed by atoms with Crippen molar-refractivity contribution in [2.45, 2.75) is 180 Å². The smallest absolute Gasteiger partial charge is 0.462 e. The van der Waals surface area contributed by atoms with Crippen LogP contribution in [0.4, 0.5) is 0 Å². The van der Waals surface area contributed by atoms with Gasteiger partial charge in [-0.05, 0) is 51.4 Å². The summed E-state index contributed by atoms with van der Waals surface area (Å²) < 4.78 is 26.3. The number of allylic oxidation sites excluding steroid dienone is 12. The standard InChI is InChI=1S/C44H75O8P/c1-3-5-7-9-11-13-15-17-19-21-22-23-25-26-28-30-32-34-36-38-43(45)50-40-42(41-51-53(47,48)49)52-44(46)39-37-35-33-31-29-27-24-20-18-16-14-12-10-8-6-4-2/h5,7,11,13,17,19,22-23,26,28,32,34,42H,3-4,6,8-10,12,14-16,18,20-21,24-25,27,29-31,33,35-41H2,1-2H3,(H2,47,48,49)/b7-5+,13-11+,19-17+,23-22+,28-26+,34-32+/t42-/m1/s1. The van der Waals surface area contributed by atoms with Crippen LogP contribution in [0.2, 0.25) is 0 Å². The Balaban J connectivity index is 4.05. The molecule has 0 saturated carbocycles. The number of carbonyl (C=O) groups is 2. The van der Waals surface area contributed by atoms with Crippen LogP contribution in [0.1, 0.15) is 174 Å². The Bertz CT molecular complexity index is 1080. The Hall–Kier alpha value is -2.51. The highest BCUT2D eigenvalue weighted by Crippen LogP contribution is 2.36. The van der Waals surface area contributed by atoms with Crippen molar-refractivity contribution in [3.63, 3.8) is 0 Å². The van der Waals surface area contributed by atoms with Crippen LogP contribution in [0.5, 0.6) is 0 Å². The number of hydrogen-bond donors (Lipinski definition) is 2. The van der Waals surface area contributed by atoms with Crippen molar-refractivity contribution in [1.29, 1.82) is 0 Å². The van der Waals surface area contributed by atoms with Gasteiger partial charge in [0, 0.05) is 12.8 Å². The Morgan fingerprint density at radius 2 is 0.906 bits per heavy atom. The highest BCUT2D eigenvalue weighted by Gasteiger charge is 2.22. The van der Waals surface area contributed by atoms with Crippen LogP contribution in [0.25, 0.3) is 0 Å². The second kappa shape index (κ2) is 39.2. The number of carbonyl (C=O) groups excluding carboxylic acids is 2. The first-order valence-electron chi connectivity index (χ1n) is 20.7. The number of rotatable bonds is 37. The fraction of sp³-hybridized carbons (Fsp3) is 0.682. The molecule has 0 fully saturated rings. The van der Waals surface area contributed by atoms with E-state index in [1.807, 2.05) is 12.2 Å². The third-order valence-corrected chi connectivity index (χ3v) is 8.99. The molecule has 0 rings (SSSR count). The van der Waals surface area contributed by atoms with Crippen molar-refractivity contribution < 1.29 is 37.9 Å². The normalized spacial score (nSPS) is 13.2. The first kappa shape index (κ1) is 50.5. The number of unbranched alkanes of at least 4 members (excludes halogenated alkanes) is 15. The van der Waals surface area contributed by atoms with Gasteiger partial charge in [-0.2, -0.15) is 0 Å². The van der Waals surface area contributed by atoms with Gasteiger partial charge >= 0.3 is 19.8 Å². The van der Waals surface area contributed by atoms with Crippen LogP contribution < -0.4 is 0 Å². The lowest BCUT2D eigenvalue weighted by molar-refractivity contribution is -0.161. The molecule has 0 aromatic carbocycles. The van der Waals surface area contributed by atoms with E-state index in [9.17, 15) is 14.2 Å². The van der Waals surface area contributed by atoms with Gasteiger partial charge in [0.15, 0.2) is 6.10 Å². The Labute approximate surface area is 323 Å². The highest BCUT2D eigenvalue weighted by molar-refractivity contribution is 7.46. The van der Waals surface area contributed by atoms with Gasteiger partial charge in [0.25, 0.3) is 0 Å². The van der Waals surface area contributed by atoms with Crippen LogP contribution in [-0.4, -0.2) is 41.0 Å². The second-order valence-electron chi connectivity index (χ2n) is 13.6. The maximum absolute atomic E-state index is 12.4. The van der Waals surface area contributed by atoms with Crippen molar-refractivity contribution in [2.75, 3.05) is 13.2 Å². The van der Waals surface area contributed by atoms with E-state index >= 15 is 0 Å². The number of esters is 2. The zero-order chi connectivity index (χ0) is 38.9. The molecule has 0 heterocycles. The van der Waals surface area contributed by atoms with Gasteiger partial charge in [-0.1, -0.05) is 183 Å². The number of phosphoric acid groups is 1. The Morgan fingerprint density at radius 1 is 0.509 bits per heavy atom. The lowest BCUT2D eigenvalue weighted by atomic mass is 10.0. The van der Waals surface area contributed by atoms with E-state index in [2.05, 4.69) is 79.1 Å². The van der Waals surface area contributed by atoms with Gasteiger partial charge in [0.05, 0.1) is 6.61 Å². The summed E-state index contributed by atoms with van der Waals surface area (Å²) in [6, 6.07) is 0. The molecule has 0 aliphatic carbocycles. The minimum Gasteiger partial charge on any atom is -0.462 e. The molecule has 9 heteroatoms. The van der Waals surface area contributed by atoms with Crippen molar-refractivity contribution in [2.24, 2.45) is 0 Å². The summed E-state index contributed by atoms with van der Waals surface area (Å²) in [5.41, 5.74) is 0. The molecule has 304 valence electrons. The summed E-state index contributed by atoms with van der Waals surface area (Å²) >= 11 is 0. The monoisotopic (exact) mass is 763 g/mol. The van der Waals surface area contributed by atoms with E-state index in [4.69, 9.17) is 19.3 Å². The van der Waals surface area contributed by atoms with Crippen LogP contribution in [-0.2, 0) is 28.2 Å². The zero-order valence-electron chi connectivity index (χ0n) is 33.4. The lowest BCUT2D eigenvalue weighted by Gasteiger charge is -2.18. The molecule has 0 radical (unpaired) electrons. The average Bonchev–Trinajstić information content (AvgIpc) is 3.13. The molecule has 0 aromatic heterocycles. The number of phosphoric ester groups is 1. The van der Waals surface area contributed by atoms with Crippen LogP contribution >= 0.6 is 7.82 Å². The van der Waals surface area contributed by atoms with E-state index < -0.39 is 32.5 Å². The summed E-state index contributed by atoms with van der Waals surface area (Å²) in [7, 11) is -4.77. The van der Waals surface area contributed by atoms with E-state index in [0.717, 1.165) is 57.8 Å². The topological polar surface area (TPSA) is 119 Å². The molecule has 2 N–H and O–H groups in total. The lowest BCUT2D eigenvalue weighted by Crippen LogP contribution is -2.29. The molecule has 0 aliphatic heterocycles. The minimum atomic E-state index is -4.77. The summed E-state index contributed by atoms with van der Waals surface area (Å²) in [4.78, 5) is 42.8. The summed E-state index contributed by atoms with van der Waals surface area (Å²) in [5, 5.41) is 0. The van der Waals surface area contributed by atoms with E-state index in [0.29, 0.717) is 12.8 Å². The molecule has 0 aliphatic rings. The fourth-order valence-electron chi connectivity index (χ4n) is 5.46. The van der Waals surface area contributed by atoms with E-state index in [1.165, 1.54) is 77.0 Å². The molecule has 53 heavy (non-hydrogen) atoms. The van der Waals surface area contributed by atoms with Gasteiger partial charge < -0.3 is 19.3 Å². The molecule has 0 bridgehead atoms. The largest absolute Gasteiger partial charge is 0.469 e. The van der Waals surface area contributed by atoms with Crippen LogP contribution in [0.15, 0.2) is 72.9 Å². The summed E-state index contributed by atoms with van der Waals surface area (Å²) in [6.45, 7) is 3.51. The van der Waals surface area contributed by atoms with E-state index in [1.54, 1.807) is 0 Å². The first-order valence-corrected chi connectivity index (χ1v) is 22.3. The first-order chi connectivity index (χ1) is 25.8. The SMILES string of the molecule is CC/C=C/C/C=C/C/C=C/C/C=C/C/C=C/C/C=C/CCC(=O)OC[C@H](COP(=O)(O)O)OC(=O)CCCCCCCCCCCCCCCCCC. The number of hydrogen-bond acceptors (Lipinski definition) is 6. The van der Waals surface area contributed by atoms with Crippen molar-refractivity contribution in [3.05, 3.63) is 72.9 Å². The number of ether oxygens (including phenoxy) is 2. The van der Waals surface area contributed by atoms with Crippen LogP contribution in [0.3, 0.4) is 0 Å². The van der Waals surface area contributed by atoms with Gasteiger partial charge in [0.2, 0.25) is 0 Å². The summed E-state index contributed by atoms with van der Waals surface area (Å²) in [5.74, 6) is -0.983. The molecular weight excluding hydrogens is 687 g/mol. The van der Waals surface area contributed by atoms with Crippen molar-refractivity contribution >= 4 is 19.8 Å². The summed E-state index contributed by atoms with van der Waals surface area (Å²) in [6.07, 6.45) is 50.6. The second-order valence-corrected chi connectivity index (χ2v) is 14.8. The third kappa shape index (κ3) is 42.1. The molecule has 1 atom stereocenters. The molecule has 0 aromatic rings. The van der Waals surface area contributed by atoms with Gasteiger partial charge in [-0.25, -0.2) is 4.57 Å². The van der Waals surface area contributed by atoms with Gasteiger partial charge in [0.1, 0.15) is 6.61 Å². The van der Waals surface area contributed by atoms with Crippen molar-refractivity contribution in [1.82, 2.24) is 0 Å². The molecule has 0 saturated heterocycles.